The number of piperidine rings is 1. The highest BCUT2D eigenvalue weighted by molar-refractivity contribution is 7.98. The van der Waals surface area contributed by atoms with Crippen molar-refractivity contribution in [1.82, 2.24) is 14.8 Å². The van der Waals surface area contributed by atoms with Crippen LogP contribution in [0.25, 0.3) is 0 Å². The number of methoxy groups -OCH3 is 1. The van der Waals surface area contributed by atoms with Gasteiger partial charge in [-0.1, -0.05) is 23.9 Å². The van der Waals surface area contributed by atoms with E-state index in [9.17, 15) is 4.79 Å². The zero-order valence-electron chi connectivity index (χ0n) is 15.1. The fourth-order valence-corrected chi connectivity index (χ4v) is 4.29. The maximum absolute atomic E-state index is 11.5. The Bertz CT molecular complexity index is 764. The van der Waals surface area contributed by atoms with Gasteiger partial charge in [-0.3, -0.25) is 4.57 Å². The Morgan fingerprint density at radius 3 is 2.54 bits per heavy atom. The predicted octanol–water partition coefficient (Wildman–Crippen LogP) is 3.68. The molecule has 1 aliphatic heterocycles. The monoisotopic (exact) mass is 372 g/mol. The zero-order valence-corrected chi connectivity index (χ0v) is 15.9. The van der Waals surface area contributed by atoms with Gasteiger partial charge in [0.25, 0.3) is 0 Å². The molecule has 6 nitrogen and oxygen atoms in total. The summed E-state index contributed by atoms with van der Waals surface area (Å²) in [7, 11) is 1.40. The molecule has 2 fully saturated rings. The summed E-state index contributed by atoms with van der Waals surface area (Å²) in [5.41, 5.74) is 1.74. The first-order chi connectivity index (χ1) is 12.8. The summed E-state index contributed by atoms with van der Waals surface area (Å²) in [5.74, 6) is 1.56. The molecule has 7 heteroatoms. The molecular weight excluding hydrogens is 348 g/mol. The summed E-state index contributed by atoms with van der Waals surface area (Å²) >= 11 is 1.72. The van der Waals surface area contributed by atoms with Gasteiger partial charge < -0.3 is 9.64 Å². The quantitative estimate of drug-likeness (QED) is 0.569. The molecule has 0 unspecified atom stereocenters. The minimum atomic E-state index is -0.302. The molecule has 138 valence electrons. The fraction of sp³-hybridized carbons (Fsp3) is 0.526. The van der Waals surface area contributed by atoms with Gasteiger partial charge in [0, 0.05) is 24.9 Å². The van der Waals surface area contributed by atoms with Crippen molar-refractivity contribution in [1.29, 1.82) is 0 Å². The van der Waals surface area contributed by atoms with Crippen molar-refractivity contribution in [3.8, 4) is 0 Å². The third kappa shape index (κ3) is 3.72. The van der Waals surface area contributed by atoms with Gasteiger partial charge in [-0.25, -0.2) is 4.79 Å². The van der Waals surface area contributed by atoms with E-state index in [4.69, 9.17) is 4.74 Å². The topological polar surface area (TPSA) is 60.2 Å². The molecule has 2 heterocycles. The third-order valence-electron chi connectivity index (χ3n) is 4.94. The lowest BCUT2D eigenvalue weighted by molar-refractivity contribution is 0.0600. The number of anilines is 1. The molecule has 0 amide bonds. The van der Waals surface area contributed by atoms with Crippen LogP contribution in [0.3, 0.4) is 0 Å². The van der Waals surface area contributed by atoms with Crippen molar-refractivity contribution in [2.45, 2.75) is 49.1 Å². The molecule has 1 saturated carbocycles. The number of esters is 1. The van der Waals surface area contributed by atoms with Crippen molar-refractivity contribution in [2.24, 2.45) is 0 Å². The van der Waals surface area contributed by atoms with Crippen molar-refractivity contribution in [2.75, 3.05) is 25.1 Å². The lowest BCUT2D eigenvalue weighted by Crippen LogP contribution is -2.31. The predicted molar refractivity (Wildman–Crippen MR) is 102 cm³/mol. The van der Waals surface area contributed by atoms with Gasteiger partial charge in [0.1, 0.15) is 0 Å². The first-order valence-electron chi connectivity index (χ1n) is 9.26. The number of benzene rings is 1. The van der Waals surface area contributed by atoms with Crippen molar-refractivity contribution >= 4 is 23.7 Å². The van der Waals surface area contributed by atoms with Crippen LogP contribution in [0.2, 0.25) is 0 Å². The molecule has 0 N–H and O–H groups in total. The van der Waals surface area contributed by atoms with Crippen LogP contribution in [0.5, 0.6) is 0 Å². The molecule has 26 heavy (non-hydrogen) atoms. The van der Waals surface area contributed by atoms with Crippen molar-refractivity contribution in [3.63, 3.8) is 0 Å². The molecule has 2 aliphatic rings. The fourth-order valence-electron chi connectivity index (χ4n) is 3.33. The Hall–Kier alpha value is -2.02. The molecule has 0 spiro atoms. The highest BCUT2D eigenvalue weighted by atomic mass is 32.2. The molecule has 0 bridgehead atoms. The highest BCUT2D eigenvalue weighted by Gasteiger charge is 2.32. The number of thioether (sulfide) groups is 1. The Balaban J connectivity index is 1.46. The van der Waals surface area contributed by atoms with Crippen molar-refractivity contribution in [3.05, 3.63) is 35.4 Å². The van der Waals surface area contributed by atoms with Crippen LogP contribution < -0.4 is 4.90 Å². The lowest BCUT2D eigenvalue weighted by Gasteiger charge is -2.27. The van der Waals surface area contributed by atoms with E-state index >= 15 is 0 Å². The normalized spacial score (nSPS) is 17.3. The number of carbonyl (C=O) groups excluding carboxylic acids is 1. The van der Waals surface area contributed by atoms with Crippen molar-refractivity contribution < 1.29 is 9.53 Å². The van der Waals surface area contributed by atoms with Gasteiger partial charge in [0.15, 0.2) is 5.16 Å². The minimum Gasteiger partial charge on any atom is -0.465 e. The van der Waals surface area contributed by atoms with E-state index in [2.05, 4.69) is 19.7 Å². The summed E-state index contributed by atoms with van der Waals surface area (Å²) in [6, 6.07) is 8.13. The van der Waals surface area contributed by atoms with Gasteiger partial charge >= 0.3 is 5.97 Å². The molecular formula is C19H24N4O2S. The largest absolute Gasteiger partial charge is 0.465 e. The number of hydrogen-bond acceptors (Lipinski definition) is 6. The van der Waals surface area contributed by atoms with Gasteiger partial charge in [0.05, 0.1) is 12.7 Å². The summed E-state index contributed by atoms with van der Waals surface area (Å²) in [5, 5.41) is 10.0. The molecule has 4 rings (SSSR count). The number of ether oxygens (including phenoxy) is 1. The van der Waals surface area contributed by atoms with Crippen LogP contribution in [0.15, 0.2) is 29.4 Å². The van der Waals surface area contributed by atoms with E-state index in [-0.39, 0.29) is 5.97 Å². The van der Waals surface area contributed by atoms with Gasteiger partial charge in [-0.2, -0.15) is 0 Å². The van der Waals surface area contributed by atoms with E-state index in [0.29, 0.717) is 11.6 Å². The van der Waals surface area contributed by atoms with Crippen LogP contribution in [-0.4, -0.2) is 40.9 Å². The van der Waals surface area contributed by atoms with Gasteiger partial charge in [-0.05, 0) is 49.8 Å². The SMILES string of the molecule is COC(=O)c1ccc(CSc2nnc(N3CCCCC3)n2C2CC2)cc1. The minimum absolute atomic E-state index is 0.302. The second-order valence-electron chi connectivity index (χ2n) is 6.91. The van der Waals surface area contributed by atoms with Crippen LogP contribution in [0.1, 0.15) is 54.1 Å². The van der Waals surface area contributed by atoms with E-state index in [1.807, 2.05) is 24.3 Å². The molecule has 1 aromatic carbocycles. The average molecular weight is 372 g/mol. The molecule has 1 aliphatic carbocycles. The number of aromatic nitrogens is 3. The van der Waals surface area contributed by atoms with Crippen LogP contribution in [0, 0.1) is 0 Å². The average Bonchev–Trinajstić information content (AvgIpc) is 3.45. The molecule has 1 saturated heterocycles. The van der Waals surface area contributed by atoms with E-state index in [0.717, 1.165) is 35.5 Å². The summed E-state index contributed by atoms with van der Waals surface area (Å²) in [6.07, 6.45) is 6.25. The smallest absolute Gasteiger partial charge is 0.337 e. The van der Waals surface area contributed by atoms with Crippen LogP contribution in [-0.2, 0) is 10.5 Å². The Labute approximate surface area is 157 Å². The molecule has 1 aromatic heterocycles. The Morgan fingerprint density at radius 1 is 1.15 bits per heavy atom. The lowest BCUT2D eigenvalue weighted by atomic mass is 10.1. The number of nitrogens with zero attached hydrogens (tertiary/aromatic N) is 4. The molecule has 0 radical (unpaired) electrons. The Morgan fingerprint density at radius 2 is 1.88 bits per heavy atom. The summed E-state index contributed by atoms with van der Waals surface area (Å²) < 4.78 is 7.09. The van der Waals surface area contributed by atoms with Crippen LogP contribution >= 0.6 is 11.8 Å². The maximum atomic E-state index is 11.5. The highest BCUT2D eigenvalue weighted by Crippen LogP contribution is 2.41. The van der Waals surface area contributed by atoms with Gasteiger partial charge in [-0.15, -0.1) is 10.2 Å². The Kier molecular flexibility index (Phi) is 5.15. The van der Waals surface area contributed by atoms with Gasteiger partial charge in [0.2, 0.25) is 5.95 Å². The maximum Gasteiger partial charge on any atom is 0.337 e. The number of rotatable bonds is 6. The summed E-state index contributed by atoms with van der Waals surface area (Å²) in [6.45, 7) is 2.18. The van der Waals surface area contributed by atoms with Crippen LogP contribution in [0.4, 0.5) is 5.95 Å². The third-order valence-corrected chi connectivity index (χ3v) is 5.95. The number of carbonyl (C=O) groups is 1. The zero-order chi connectivity index (χ0) is 17.9. The second-order valence-corrected chi connectivity index (χ2v) is 7.85. The van der Waals surface area contributed by atoms with E-state index in [1.165, 1.54) is 39.2 Å². The summed E-state index contributed by atoms with van der Waals surface area (Å²) in [4.78, 5) is 13.9. The number of hydrogen-bond donors (Lipinski definition) is 0. The second kappa shape index (κ2) is 7.70. The van der Waals surface area contributed by atoms with E-state index < -0.39 is 0 Å². The van der Waals surface area contributed by atoms with E-state index in [1.54, 1.807) is 11.8 Å². The first kappa shape index (κ1) is 17.4. The first-order valence-corrected chi connectivity index (χ1v) is 10.2. The molecule has 2 aromatic rings. The molecule has 0 atom stereocenters. The standard InChI is InChI=1S/C19H24N4O2S/c1-25-17(24)15-7-5-14(6-8-15)13-26-19-21-20-18(23(19)16-9-10-16)22-11-3-2-4-12-22/h5-8,16H,2-4,9-13H2,1H3.